The minimum Gasteiger partial charge on any atom is -0.307 e. The highest BCUT2D eigenvalue weighted by Crippen LogP contribution is 2.11. The monoisotopic (exact) mass is 302 g/mol. The molecule has 1 aromatic heterocycles. The fraction of sp³-hybridized carbons (Fsp3) is 0.0667. The van der Waals surface area contributed by atoms with E-state index in [1.165, 1.54) is 18.2 Å². The molecule has 1 amide bonds. The zero-order chi connectivity index (χ0) is 15.3. The molecular formula is C15H14N2O3S. The smallest absolute Gasteiger partial charge is 0.249 e. The Bertz CT molecular complexity index is 751. The second-order valence-corrected chi connectivity index (χ2v) is 6.39. The Morgan fingerprint density at radius 3 is 2.43 bits per heavy atom. The van der Waals surface area contributed by atoms with E-state index >= 15 is 0 Å². The van der Waals surface area contributed by atoms with Crippen molar-refractivity contribution in [2.45, 2.75) is 4.90 Å². The summed E-state index contributed by atoms with van der Waals surface area (Å²) in [5, 5.41) is 2.62. The van der Waals surface area contributed by atoms with Crippen molar-refractivity contribution in [3.05, 3.63) is 60.3 Å². The molecule has 0 aliphatic heterocycles. The van der Waals surface area contributed by atoms with E-state index in [-0.39, 0.29) is 10.8 Å². The summed E-state index contributed by atoms with van der Waals surface area (Å²) in [5.74, 6) is 0.167. The van der Waals surface area contributed by atoms with E-state index in [1.54, 1.807) is 42.6 Å². The maximum Gasteiger partial charge on any atom is 0.249 e. The van der Waals surface area contributed by atoms with Crippen molar-refractivity contribution in [3.63, 3.8) is 0 Å². The number of carbonyl (C=O) groups excluding carboxylic acids is 1. The van der Waals surface area contributed by atoms with Crippen LogP contribution in [-0.2, 0) is 14.6 Å². The molecule has 108 valence electrons. The average Bonchev–Trinajstić information content (AvgIpc) is 2.46. The van der Waals surface area contributed by atoms with Crippen molar-refractivity contribution in [1.29, 1.82) is 0 Å². The van der Waals surface area contributed by atoms with Crippen LogP contribution in [0.1, 0.15) is 5.56 Å². The Kier molecular flexibility index (Phi) is 4.49. The number of rotatable bonds is 4. The zero-order valence-electron chi connectivity index (χ0n) is 11.4. The van der Waals surface area contributed by atoms with E-state index < -0.39 is 9.84 Å². The molecule has 0 radical (unpaired) electrons. The summed E-state index contributed by atoms with van der Waals surface area (Å²) in [6.45, 7) is 0. The summed E-state index contributed by atoms with van der Waals surface area (Å²) >= 11 is 0. The van der Waals surface area contributed by atoms with Gasteiger partial charge in [0.05, 0.1) is 4.90 Å². The second-order valence-electron chi connectivity index (χ2n) is 4.38. The summed E-state index contributed by atoms with van der Waals surface area (Å²) in [4.78, 5) is 15.9. The van der Waals surface area contributed by atoms with Crippen LogP contribution in [0.2, 0.25) is 0 Å². The number of nitrogens with zero attached hydrogens (tertiary/aromatic N) is 1. The molecular weight excluding hydrogens is 288 g/mol. The fourth-order valence-electron chi connectivity index (χ4n) is 1.60. The van der Waals surface area contributed by atoms with Crippen LogP contribution in [0.3, 0.4) is 0 Å². The molecule has 0 spiro atoms. The largest absolute Gasteiger partial charge is 0.307 e. The van der Waals surface area contributed by atoms with Crippen molar-refractivity contribution in [3.8, 4) is 0 Å². The van der Waals surface area contributed by atoms with Gasteiger partial charge in [0.25, 0.3) is 0 Å². The number of hydrogen-bond acceptors (Lipinski definition) is 4. The van der Waals surface area contributed by atoms with Crippen molar-refractivity contribution >= 4 is 27.6 Å². The predicted molar refractivity (Wildman–Crippen MR) is 81.5 cm³/mol. The molecule has 0 fully saturated rings. The van der Waals surface area contributed by atoms with Gasteiger partial charge in [-0.25, -0.2) is 13.4 Å². The van der Waals surface area contributed by atoms with Crippen LogP contribution < -0.4 is 5.32 Å². The lowest BCUT2D eigenvalue weighted by Crippen LogP contribution is -2.08. The van der Waals surface area contributed by atoms with Gasteiger partial charge in [0.1, 0.15) is 5.82 Å². The number of hydrogen-bond donors (Lipinski definition) is 1. The van der Waals surface area contributed by atoms with Crippen molar-refractivity contribution in [2.75, 3.05) is 11.6 Å². The Morgan fingerprint density at radius 2 is 1.86 bits per heavy atom. The van der Waals surface area contributed by atoms with Crippen LogP contribution in [0.5, 0.6) is 0 Å². The molecule has 1 N–H and O–H groups in total. The molecule has 0 aliphatic rings. The molecule has 0 saturated carbocycles. The summed E-state index contributed by atoms with van der Waals surface area (Å²) in [5.41, 5.74) is 0.735. The van der Waals surface area contributed by atoms with Gasteiger partial charge in [-0.2, -0.15) is 0 Å². The average molecular weight is 302 g/mol. The molecule has 2 rings (SSSR count). The maximum absolute atomic E-state index is 11.7. The van der Waals surface area contributed by atoms with Gasteiger partial charge in [-0.3, -0.25) is 4.79 Å². The number of nitrogens with one attached hydrogen (secondary N) is 1. The summed E-state index contributed by atoms with van der Waals surface area (Å²) in [7, 11) is -3.20. The van der Waals surface area contributed by atoms with E-state index in [9.17, 15) is 13.2 Å². The molecule has 0 unspecified atom stereocenters. The molecule has 5 nitrogen and oxygen atoms in total. The van der Waals surface area contributed by atoms with Crippen LogP contribution in [0.15, 0.2) is 59.6 Å². The lowest BCUT2D eigenvalue weighted by Gasteiger charge is -2.00. The minimum absolute atomic E-state index is 0.248. The first-order valence-electron chi connectivity index (χ1n) is 6.15. The molecule has 21 heavy (non-hydrogen) atoms. The summed E-state index contributed by atoms with van der Waals surface area (Å²) < 4.78 is 22.6. The lowest BCUT2D eigenvalue weighted by molar-refractivity contribution is -0.111. The van der Waals surface area contributed by atoms with E-state index in [2.05, 4.69) is 10.3 Å². The summed E-state index contributed by atoms with van der Waals surface area (Å²) in [6.07, 6.45) is 5.70. The van der Waals surface area contributed by atoms with E-state index in [4.69, 9.17) is 0 Å². The van der Waals surface area contributed by atoms with Gasteiger partial charge in [0.15, 0.2) is 9.84 Å². The van der Waals surface area contributed by atoms with E-state index in [0.29, 0.717) is 5.82 Å². The molecule has 1 heterocycles. The van der Waals surface area contributed by atoms with Crippen LogP contribution in [-0.4, -0.2) is 25.6 Å². The lowest BCUT2D eigenvalue weighted by atomic mass is 10.2. The highest BCUT2D eigenvalue weighted by atomic mass is 32.2. The van der Waals surface area contributed by atoms with Crippen molar-refractivity contribution in [1.82, 2.24) is 4.98 Å². The van der Waals surface area contributed by atoms with Crippen molar-refractivity contribution in [2.24, 2.45) is 0 Å². The summed E-state index contributed by atoms with van der Waals surface area (Å²) in [6, 6.07) is 11.5. The van der Waals surface area contributed by atoms with Crippen molar-refractivity contribution < 1.29 is 13.2 Å². The number of aromatic nitrogens is 1. The van der Waals surface area contributed by atoms with Gasteiger partial charge in [0.2, 0.25) is 5.91 Å². The Labute approximate surface area is 123 Å². The first-order valence-corrected chi connectivity index (χ1v) is 8.04. The van der Waals surface area contributed by atoms with Gasteiger partial charge in [0, 0.05) is 18.5 Å². The van der Waals surface area contributed by atoms with Gasteiger partial charge in [-0.05, 0) is 35.9 Å². The van der Waals surface area contributed by atoms with Gasteiger partial charge in [-0.15, -0.1) is 0 Å². The Morgan fingerprint density at radius 1 is 1.14 bits per heavy atom. The molecule has 2 aromatic rings. The topological polar surface area (TPSA) is 76.1 Å². The fourth-order valence-corrected chi connectivity index (χ4v) is 2.23. The van der Waals surface area contributed by atoms with E-state index in [0.717, 1.165) is 11.8 Å². The quantitative estimate of drug-likeness (QED) is 0.878. The SMILES string of the molecule is CS(=O)(=O)c1ccc(/C=C/C(=O)Nc2ccccn2)cc1. The minimum atomic E-state index is -3.20. The number of sulfone groups is 1. The molecule has 0 saturated heterocycles. The third kappa shape index (κ3) is 4.54. The van der Waals surface area contributed by atoms with Crippen LogP contribution in [0, 0.1) is 0 Å². The Balaban J connectivity index is 2.02. The van der Waals surface area contributed by atoms with Crippen LogP contribution >= 0.6 is 0 Å². The number of pyridine rings is 1. The molecule has 0 atom stereocenters. The number of carbonyl (C=O) groups is 1. The first kappa shape index (κ1) is 14.9. The zero-order valence-corrected chi connectivity index (χ0v) is 12.2. The van der Waals surface area contributed by atoms with Crippen LogP contribution in [0.25, 0.3) is 6.08 Å². The highest BCUT2D eigenvalue weighted by Gasteiger charge is 2.05. The molecule has 0 aliphatic carbocycles. The normalized spacial score (nSPS) is 11.5. The highest BCUT2D eigenvalue weighted by molar-refractivity contribution is 7.90. The van der Waals surface area contributed by atoms with E-state index in [1.807, 2.05) is 0 Å². The van der Waals surface area contributed by atoms with Gasteiger partial charge < -0.3 is 5.32 Å². The third-order valence-corrected chi connectivity index (χ3v) is 3.78. The van der Waals surface area contributed by atoms with Gasteiger partial charge >= 0.3 is 0 Å². The van der Waals surface area contributed by atoms with Gasteiger partial charge in [-0.1, -0.05) is 18.2 Å². The number of amides is 1. The Hall–Kier alpha value is -2.47. The first-order chi connectivity index (χ1) is 9.95. The standard InChI is InChI=1S/C15H14N2O3S/c1-21(19,20)13-8-5-12(6-9-13)7-10-15(18)17-14-4-2-3-11-16-14/h2-11H,1H3,(H,16,17,18)/b10-7+. The number of anilines is 1. The second kappa shape index (κ2) is 6.32. The molecule has 0 bridgehead atoms. The van der Waals surface area contributed by atoms with Crippen LogP contribution in [0.4, 0.5) is 5.82 Å². The molecule has 6 heteroatoms. The maximum atomic E-state index is 11.7. The third-order valence-electron chi connectivity index (χ3n) is 2.65. The molecule has 1 aromatic carbocycles. The number of benzene rings is 1. The predicted octanol–water partition coefficient (Wildman–Crippen LogP) is 2.14.